The predicted molar refractivity (Wildman–Crippen MR) is 53.7 cm³/mol. The Balaban J connectivity index is 2.29. The van der Waals surface area contributed by atoms with Crippen molar-refractivity contribution in [1.82, 2.24) is 0 Å². The van der Waals surface area contributed by atoms with Crippen molar-refractivity contribution in [3.05, 3.63) is 0 Å². The largest absolute Gasteiger partial charge is 0.396 e. The van der Waals surface area contributed by atoms with Crippen molar-refractivity contribution in [2.45, 2.75) is 45.4 Å². The summed E-state index contributed by atoms with van der Waals surface area (Å²) >= 11 is 0. The first-order chi connectivity index (χ1) is 6.33. The van der Waals surface area contributed by atoms with Crippen molar-refractivity contribution in [2.75, 3.05) is 19.8 Å². The minimum absolute atomic E-state index is 0.105. The van der Waals surface area contributed by atoms with Gasteiger partial charge in [-0.05, 0) is 19.3 Å². The van der Waals surface area contributed by atoms with E-state index in [1.165, 1.54) is 19.3 Å². The maximum Gasteiger partial charge on any atom is 0.0544 e. The van der Waals surface area contributed by atoms with Crippen molar-refractivity contribution < 1.29 is 9.84 Å². The predicted octanol–water partition coefficient (Wildman–Crippen LogP) is 2.36. The van der Waals surface area contributed by atoms with Gasteiger partial charge in [0.2, 0.25) is 0 Å². The maximum absolute atomic E-state index is 9.36. The Bertz CT molecular complexity index is 128. The van der Waals surface area contributed by atoms with Gasteiger partial charge in [0.15, 0.2) is 0 Å². The molecule has 1 N–H and O–H groups in total. The van der Waals surface area contributed by atoms with E-state index in [4.69, 9.17) is 4.74 Å². The minimum Gasteiger partial charge on any atom is -0.396 e. The van der Waals surface area contributed by atoms with Crippen LogP contribution in [0.2, 0.25) is 0 Å². The molecule has 1 atom stereocenters. The van der Waals surface area contributed by atoms with Crippen molar-refractivity contribution >= 4 is 0 Å². The molecule has 1 unspecified atom stereocenters. The lowest BCUT2D eigenvalue weighted by Gasteiger charge is -2.35. The highest BCUT2D eigenvalue weighted by Gasteiger charge is 2.31. The van der Waals surface area contributed by atoms with Crippen LogP contribution in [0.25, 0.3) is 0 Å². The van der Waals surface area contributed by atoms with Gasteiger partial charge in [0.05, 0.1) is 13.2 Å². The highest BCUT2D eigenvalue weighted by molar-refractivity contribution is 4.80. The summed E-state index contributed by atoms with van der Waals surface area (Å²) in [5, 5.41) is 9.36. The van der Waals surface area contributed by atoms with Gasteiger partial charge in [-0.3, -0.25) is 0 Å². The van der Waals surface area contributed by atoms with Gasteiger partial charge in [-0.15, -0.1) is 0 Å². The van der Waals surface area contributed by atoms with Crippen LogP contribution in [-0.4, -0.2) is 24.9 Å². The molecule has 1 rings (SSSR count). The van der Waals surface area contributed by atoms with Crippen LogP contribution in [0, 0.1) is 5.41 Å². The van der Waals surface area contributed by atoms with Gasteiger partial charge in [-0.25, -0.2) is 0 Å². The van der Waals surface area contributed by atoms with Crippen molar-refractivity contribution in [3.63, 3.8) is 0 Å². The Hall–Kier alpha value is -0.0800. The molecule has 1 aliphatic rings. The van der Waals surface area contributed by atoms with E-state index in [2.05, 4.69) is 6.92 Å². The Morgan fingerprint density at radius 3 is 2.77 bits per heavy atom. The molecule has 78 valence electrons. The molecular weight excluding hydrogens is 164 g/mol. The Morgan fingerprint density at radius 2 is 2.23 bits per heavy atom. The van der Waals surface area contributed by atoms with Crippen LogP contribution in [0.15, 0.2) is 0 Å². The number of aliphatic hydroxyl groups excluding tert-OH is 1. The molecule has 0 spiro atoms. The van der Waals surface area contributed by atoms with E-state index < -0.39 is 0 Å². The molecule has 0 radical (unpaired) electrons. The van der Waals surface area contributed by atoms with Crippen LogP contribution in [0.1, 0.15) is 45.4 Å². The van der Waals surface area contributed by atoms with Gasteiger partial charge in [0.1, 0.15) is 0 Å². The van der Waals surface area contributed by atoms with Gasteiger partial charge >= 0.3 is 0 Å². The Kier molecular flexibility index (Phi) is 4.74. The summed E-state index contributed by atoms with van der Waals surface area (Å²) in [5.74, 6) is 0. The molecule has 1 heterocycles. The third kappa shape index (κ3) is 3.28. The van der Waals surface area contributed by atoms with Crippen LogP contribution in [0.5, 0.6) is 0 Å². The van der Waals surface area contributed by atoms with Crippen molar-refractivity contribution in [3.8, 4) is 0 Å². The lowest BCUT2D eigenvalue weighted by molar-refractivity contribution is -0.0439. The molecule has 0 aliphatic carbocycles. The van der Waals surface area contributed by atoms with Crippen LogP contribution in [-0.2, 0) is 4.74 Å². The van der Waals surface area contributed by atoms with E-state index in [-0.39, 0.29) is 5.41 Å². The van der Waals surface area contributed by atoms with Gasteiger partial charge in [0, 0.05) is 12.0 Å². The first-order valence-corrected chi connectivity index (χ1v) is 5.51. The summed E-state index contributed by atoms with van der Waals surface area (Å²) in [6.07, 6.45) is 7.17. The van der Waals surface area contributed by atoms with Crippen molar-refractivity contribution in [2.24, 2.45) is 5.41 Å². The fourth-order valence-electron chi connectivity index (χ4n) is 2.06. The first-order valence-electron chi connectivity index (χ1n) is 5.51. The van der Waals surface area contributed by atoms with Gasteiger partial charge < -0.3 is 9.84 Å². The average Bonchev–Trinajstić information content (AvgIpc) is 2.20. The summed E-state index contributed by atoms with van der Waals surface area (Å²) in [6, 6.07) is 0. The van der Waals surface area contributed by atoms with E-state index in [9.17, 15) is 5.11 Å². The van der Waals surface area contributed by atoms with Crippen LogP contribution >= 0.6 is 0 Å². The Morgan fingerprint density at radius 1 is 1.38 bits per heavy atom. The normalized spacial score (nSPS) is 29.1. The third-order valence-corrected chi connectivity index (χ3v) is 3.05. The average molecular weight is 186 g/mol. The van der Waals surface area contributed by atoms with E-state index in [0.717, 1.165) is 32.5 Å². The molecular formula is C11H22O2. The molecule has 2 nitrogen and oxygen atoms in total. The summed E-state index contributed by atoms with van der Waals surface area (Å²) in [5.41, 5.74) is 0.105. The number of aliphatic hydroxyl groups is 1. The molecule has 0 aromatic heterocycles. The highest BCUT2D eigenvalue weighted by Crippen LogP contribution is 2.33. The number of hydrogen-bond acceptors (Lipinski definition) is 2. The monoisotopic (exact) mass is 186 g/mol. The van der Waals surface area contributed by atoms with Crippen LogP contribution < -0.4 is 0 Å². The molecule has 1 fully saturated rings. The zero-order valence-electron chi connectivity index (χ0n) is 8.72. The van der Waals surface area contributed by atoms with E-state index in [1.54, 1.807) is 0 Å². The SMILES string of the molecule is CCCCCC1(CO)CCCOC1. The molecule has 0 amide bonds. The van der Waals surface area contributed by atoms with Crippen molar-refractivity contribution in [1.29, 1.82) is 0 Å². The first kappa shape index (κ1) is 11.0. The number of hydrogen-bond donors (Lipinski definition) is 1. The standard InChI is InChI=1S/C11H22O2/c1-2-3-4-6-11(9-12)7-5-8-13-10-11/h12H,2-10H2,1H3. The van der Waals surface area contributed by atoms with E-state index >= 15 is 0 Å². The fourth-order valence-corrected chi connectivity index (χ4v) is 2.06. The molecule has 0 bridgehead atoms. The van der Waals surface area contributed by atoms with Gasteiger partial charge in [0.25, 0.3) is 0 Å². The lowest BCUT2D eigenvalue weighted by Crippen LogP contribution is -2.35. The molecule has 2 heteroatoms. The second-order valence-electron chi connectivity index (χ2n) is 4.27. The smallest absolute Gasteiger partial charge is 0.0544 e. The summed E-state index contributed by atoms with van der Waals surface area (Å²) < 4.78 is 5.45. The number of rotatable bonds is 5. The maximum atomic E-state index is 9.36. The molecule has 13 heavy (non-hydrogen) atoms. The third-order valence-electron chi connectivity index (χ3n) is 3.05. The topological polar surface area (TPSA) is 29.5 Å². The molecule has 0 saturated carbocycles. The second-order valence-corrected chi connectivity index (χ2v) is 4.27. The molecule has 1 aliphatic heterocycles. The van der Waals surface area contributed by atoms with Crippen LogP contribution in [0.4, 0.5) is 0 Å². The van der Waals surface area contributed by atoms with E-state index in [0.29, 0.717) is 6.61 Å². The highest BCUT2D eigenvalue weighted by atomic mass is 16.5. The molecule has 0 aromatic carbocycles. The number of unbranched alkanes of at least 4 members (excludes halogenated alkanes) is 2. The van der Waals surface area contributed by atoms with Crippen LogP contribution in [0.3, 0.4) is 0 Å². The zero-order valence-corrected chi connectivity index (χ0v) is 8.72. The van der Waals surface area contributed by atoms with Gasteiger partial charge in [-0.1, -0.05) is 26.2 Å². The quantitative estimate of drug-likeness (QED) is 0.668. The van der Waals surface area contributed by atoms with Gasteiger partial charge in [-0.2, -0.15) is 0 Å². The second kappa shape index (κ2) is 5.61. The summed E-state index contributed by atoms with van der Waals surface area (Å²) in [6.45, 7) is 4.17. The summed E-state index contributed by atoms with van der Waals surface area (Å²) in [4.78, 5) is 0. The fraction of sp³-hybridized carbons (Fsp3) is 1.00. The Labute approximate surface area is 81.3 Å². The number of ether oxygens (including phenoxy) is 1. The zero-order chi connectivity index (χ0) is 9.57. The molecule has 0 aromatic rings. The van der Waals surface area contributed by atoms with E-state index in [1.807, 2.05) is 0 Å². The lowest BCUT2D eigenvalue weighted by atomic mass is 9.79. The summed E-state index contributed by atoms with van der Waals surface area (Å²) in [7, 11) is 0. The minimum atomic E-state index is 0.105. The molecule has 1 saturated heterocycles.